The second kappa shape index (κ2) is 6.96. The van der Waals surface area contributed by atoms with Crippen LogP contribution in [-0.4, -0.2) is 31.9 Å². The van der Waals surface area contributed by atoms with E-state index in [2.05, 4.69) is 0 Å². The van der Waals surface area contributed by atoms with Crippen molar-refractivity contribution in [1.82, 2.24) is 4.31 Å². The van der Waals surface area contributed by atoms with E-state index in [1.165, 1.54) is 16.4 Å². The fourth-order valence-corrected chi connectivity index (χ4v) is 4.66. The number of benzene rings is 2. The zero-order valence-corrected chi connectivity index (χ0v) is 15.0. The topological polar surface area (TPSA) is 70.4 Å². The Kier molecular flexibility index (Phi) is 4.91. The van der Waals surface area contributed by atoms with Crippen LogP contribution in [0.25, 0.3) is 0 Å². The lowest BCUT2D eigenvalue weighted by molar-refractivity contribution is -0.0557. The molecule has 1 aliphatic rings. The number of hydrogen-bond acceptors (Lipinski definition) is 4. The third-order valence-corrected chi connectivity index (χ3v) is 6.19. The van der Waals surface area contributed by atoms with Gasteiger partial charge in [-0.05, 0) is 31.5 Å². The maximum atomic E-state index is 13.1. The van der Waals surface area contributed by atoms with E-state index >= 15 is 0 Å². The van der Waals surface area contributed by atoms with Crippen LogP contribution in [0.3, 0.4) is 0 Å². The van der Waals surface area contributed by atoms with Gasteiger partial charge in [-0.15, -0.1) is 0 Å². The number of nitrogens with zero attached hydrogens (tertiary/aromatic N) is 2. The van der Waals surface area contributed by atoms with Crippen LogP contribution in [0.1, 0.15) is 29.7 Å². The Labute approximate surface area is 148 Å². The van der Waals surface area contributed by atoms with Crippen molar-refractivity contribution in [1.29, 1.82) is 5.26 Å². The van der Waals surface area contributed by atoms with E-state index in [0.717, 1.165) is 11.1 Å². The smallest absolute Gasteiger partial charge is 0.244 e. The number of ether oxygens (including phenoxy) is 1. The summed E-state index contributed by atoms with van der Waals surface area (Å²) in [6.45, 7) is 4.36. The zero-order chi connectivity index (χ0) is 18.0. The van der Waals surface area contributed by atoms with Crippen molar-refractivity contribution in [3.05, 3.63) is 65.2 Å². The van der Waals surface area contributed by atoms with Gasteiger partial charge in [-0.2, -0.15) is 9.57 Å². The predicted molar refractivity (Wildman–Crippen MR) is 94.4 cm³/mol. The minimum Gasteiger partial charge on any atom is -0.368 e. The molecule has 2 unspecified atom stereocenters. The first-order valence-corrected chi connectivity index (χ1v) is 9.57. The standard InChI is InChI=1S/C19H20N2O3S/c1-14-7-9-16(10-8-14)18-13-21(12-15(2)24-18)25(22,23)19-6-4-3-5-17(19)11-20/h3-10,15,18H,12-13H2,1-2H3. The number of aryl methyl sites for hydroxylation is 1. The van der Waals surface area contributed by atoms with E-state index in [-0.39, 0.29) is 35.8 Å². The Morgan fingerprint density at radius 1 is 1.12 bits per heavy atom. The average molecular weight is 356 g/mol. The molecule has 2 aromatic rings. The van der Waals surface area contributed by atoms with E-state index < -0.39 is 10.0 Å². The van der Waals surface area contributed by atoms with Crippen LogP contribution < -0.4 is 0 Å². The molecule has 0 aromatic heterocycles. The molecular weight excluding hydrogens is 336 g/mol. The van der Waals surface area contributed by atoms with Gasteiger partial charge in [0.2, 0.25) is 10.0 Å². The van der Waals surface area contributed by atoms with Crippen molar-refractivity contribution in [2.45, 2.75) is 31.0 Å². The molecule has 6 heteroatoms. The molecule has 2 atom stereocenters. The molecule has 130 valence electrons. The molecule has 0 saturated carbocycles. The van der Waals surface area contributed by atoms with Gasteiger partial charge < -0.3 is 4.74 Å². The highest BCUT2D eigenvalue weighted by atomic mass is 32.2. The van der Waals surface area contributed by atoms with Gasteiger partial charge in [0, 0.05) is 13.1 Å². The number of hydrogen-bond donors (Lipinski definition) is 0. The highest BCUT2D eigenvalue weighted by molar-refractivity contribution is 7.89. The summed E-state index contributed by atoms with van der Waals surface area (Å²) < 4.78 is 33.5. The molecule has 5 nitrogen and oxygen atoms in total. The van der Waals surface area contributed by atoms with Gasteiger partial charge in [-0.3, -0.25) is 0 Å². The second-order valence-electron chi connectivity index (χ2n) is 6.28. The van der Waals surface area contributed by atoms with Crippen molar-refractivity contribution < 1.29 is 13.2 Å². The van der Waals surface area contributed by atoms with Gasteiger partial charge in [0.05, 0.1) is 22.7 Å². The summed E-state index contributed by atoms with van der Waals surface area (Å²) in [6.07, 6.45) is -0.558. The Morgan fingerprint density at radius 3 is 2.48 bits per heavy atom. The third-order valence-electron chi connectivity index (χ3n) is 4.30. The van der Waals surface area contributed by atoms with Crippen LogP contribution in [0, 0.1) is 18.3 Å². The minimum absolute atomic E-state index is 0.0502. The molecule has 0 radical (unpaired) electrons. The van der Waals surface area contributed by atoms with E-state index in [4.69, 9.17) is 4.74 Å². The van der Waals surface area contributed by atoms with Crippen molar-refractivity contribution in [3.8, 4) is 6.07 Å². The van der Waals surface area contributed by atoms with Gasteiger partial charge in [-0.25, -0.2) is 8.42 Å². The first kappa shape index (κ1) is 17.6. The lowest BCUT2D eigenvalue weighted by Crippen LogP contribution is -2.46. The van der Waals surface area contributed by atoms with E-state index in [1.54, 1.807) is 12.1 Å². The normalized spacial score (nSPS) is 21.6. The number of rotatable bonds is 3. The first-order chi connectivity index (χ1) is 11.9. The van der Waals surface area contributed by atoms with Crippen molar-refractivity contribution in [3.63, 3.8) is 0 Å². The number of nitriles is 1. The van der Waals surface area contributed by atoms with Crippen LogP contribution in [0.2, 0.25) is 0 Å². The van der Waals surface area contributed by atoms with Gasteiger partial charge in [0.1, 0.15) is 6.07 Å². The molecule has 0 amide bonds. The minimum atomic E-state index is -3.76. The van der Waals surface area contributed by atoms with Gasteiger partial charge in [0.25, 0.3) is 0 Å². The van der Waals surface area contributed by atoms with E-state index in [0.29, 0.717) is 0 Å². The molecule has 25 heavy (non-hydrogen) atoms. The van der Waals surface area contributed by atoms with Gasteiger partial charge in [-0.1, -0.05) is 42.0 Å². The summed E-state index contributed by atoms with van der Waals surface area (Å²) in [6, 6.07) is 16.2. The quantitative estimate of drug-likeness (QED) is 0.848. The van der Waals surface area contributed by atoms with Crippen molar-refractivity contribution >= 4 is 10.0 Å². The monoisotopic (exact) mass is 356 g/mol. The fourth-order valence-electron chi connectivity index (χ4n) is 3.00. The first-order valence-electron chi connectivity index (χ1n) is 8.13. The molecule has 1 heterocycles. The Morgan fingerprint density at radius 2 is 1.80 bits per heavy atom. The summed E-state index contributed by atoms with van der Waals surface area (Å²) in [7, 11) is -3.76. The van der Waals surface area contributed by atoms with Crippen LogP contribution in [0.4, 0.5) is 0 Å². The molecular formula is C19H20N2O3S. The summed E-state index contributed by atoms with van der Waals surface area (Å²) in [5, 5.41) is 9.23. The summed E-state index contributed by atoms with van der Waals surface area (Å²) >= 11 is 0. The largest absolute Gasteiger partial charge is 0.368 e. The van der Waals surface area contributed by atoms with Crippen LogP contribution in [0.15, 0.2) is 53.4 Å². The molecule has 3 rings (SSSR count). The lowest BCUT2D eigenvalue weighted by atomic mass is 10.1. The summed E-state index contributed by atoms with van der Waals surface area (Å²) in [5.74, 6) is 0. The molecule has 0 spiro atoms. The highest BCUT2D eigenvalue weighted by Crippen LogP contribution is 2.30. The zero-order valence-electron chi connectivity index (χ0n) is 14.2. The molecule has 0 aliphatic carbocycles. The van der Waals surface area contributed by atoms with Crippen LogP contribution >= 0.6 is 0 Å². The summed E-state index contributed by atoms with van der Waals surface area (Å²) in [4.78, 5) is 0.0502. The summed E-state index contributed by atoms with van der Waals surface area (Å²) in [5.41, 5.74) is 2.25. The second-order valence-corrected chi connectivity index (χ2v) is 8.18. The Balaban J connectivity index is 1.93. The maximum Gasteiger partial charge on any atom is 0.244 e. The Hall–Kier alpha value is -2.20. The number of sulfonamides is 1. The molecule has 1 saturated heterocycles. The van der Waals surface area contributed by atoms with Crippen LogP contribution in [-0.2, 0) is 14.8 Å². The molecule has 1 fully saturated rings. The SMILES string of the molecule is Cc1ccc(C2CN(S(=O)(=O)c3ccccc3C#N)CC(C)O2)cc1. The predicted octanol–water partition coefficient (Wildman–Crippen LogP) is 3.02. The van der Waals surface area contributed by atoms with E-state index in [9.17, 15) is 13.7 Å². The lowest BCUT2D eigenvalue weighted by Gasteiger charge is -2.36. The number of morpholine rings is 1. The van der Waals surface area contributed by atoms with Gasteiger partial charge >= 0.3 is 0 Å². The maximum absolute atomic E-state index is 13.1. The molecule has 0 N–H and O–H groups in total. The Bertz CT molecular complexity index is 901. The average Bonchev–Trinajstić information content (AvgIpc) is 2.61. The molecule has 2 aromatic carbocycles. The van der Waals surface area contributed by atoms with Crippen molar-refractivity contribution in [2.24, 2.45) is 0 Å². The molecule has 1 aliphatic heterocycles. The highest BCUT2D eigenvalue weighted by Gasteiger charge is 2.35. The third kappa shape index (κ3) is 3.59. The van der Waals surface area contributed by atoms with Crippen LogP contribution in [0.5, 0.6) is 0 Å². The van der Waals surface area contributed by atoms with E-state index in [1.807, 2.05) is 44.2 Å². The van der Waals surface area contributed by atoms with Crippen molar-refractivity contribution in [2.75, 3.05) is 13.1 Å². The molecule has 0 bridgehead atoms. The fraction of sp³-hybridized carbons (Fsp3) is 0.316. The van der Waals surface area contributed by atoms with Gasteiger partial charge in [0.15, 0.2) is 0 Å².